The van der Waals surface area contributed by atoms with Crippen molar-refractivity contribution in [1.82, 2.24) is 9.62 Å². The summed E-state index contributed by atoms with van der Waals surface area (Å²) in [5, 5.41) is 3.16. The van der Waals surface area contributed by atoms with Crippen LogP contribution in [0.25, 0.3) is 0 Å². The van der Waals surface area contributed by atoms with Crippen molar-refractivity contribution in [1.29, 1.82) is 0 Å². The standard InChI is InChI=1S/C14H21FN2O2S/c1-3-8-17(12-6-7-16-10-12)20(18,19)14-5-4-11(2)9-13(14)15/h4-5,9,12,16H,3,6-8,10H2,1-2H3. The van der Waals surface area contributed by atoms with E-state index in [1.165, 1.54) is 16.4 Å². The number of hydrogen-bond acceptors (Lipinski definition) is 3. The minimum Gasteiger partial charge on any atom is -0.315 e. The minimum absolute atomic E-state index is 0.0827. The third-order valence-electron chi connectivity index (χ3n) is 3.56. The smallest absolute Gasteiger partial charge is 0.246 e. The van der Waals surface area contributed by atoms with Gasteiger partial charge in [0, 0.05) is 19.1 Å². The van der Waals surface area contributed by atoms with Crippen molar-refractivity contribution in [3.63, 3.8) is 0 Å². The highest BCUT2D eigenvalue weighted by Gasteiger charge is 2.34. The monoisotopic (exact) mass is 300 g/mol. The molecule has 1 atom stereocenters. The fourth-order valence-corrected chi connectivity index (χ4v) is 4.34. The molecule has 1 aromatic carbocycles. The Kier molecular flexibility index (Phi) is 4.78. The van der Waals surface area contributed by atoms with E-state index in [9.17, 15) is 12.8 Å². The molecule has 20 heavy (non-hydrogen) atoms. The molecule has 4 nitrogen and oxygen atoms in total. The second-order valence-electron chi connectivity index (χ2n) is 5.20. The number of halogens is 1. The fourth-order valence-electron chi connectivity index (χ4n) is 2.55. The molecule has 1 aliphatic rings. The second kappa shape index (κ2) is 6.20. The Morgan fingerprint density at radius 2 is 2.20 bits per heavy atom. The van der Waals surface area contributed by atoms with Gasteiger partial charge >= 0.3 is 0 Å². The molecule has 0 radical (unpaired) electrons. The molecule has 1 fully saturated rings. The molecule has 0 amide bonds. The Bertz CT molecular complexity index is 569. The fraction of sp³-hybridized carbons (Fsp3) is 0.571. The molecular weight excluding hydrogens is 279 g/mol. The van der Waals surface area contributed by atoms with Gasteiger partial charge in [0.05, 0.1) is 0 Å². The SMILES string of the molecule is CCCN(C1CCNC1)S(=O)(=O)c1ccc(C)cc1F. The van der Waals surface area contributed by atoms with E-state index in [2.05, 4.69) is 5.32 Å². The van der Waals surface area contributed by atoms with Crippen LogP contribution in [0.15, 0.2) is 23.1 Å². The van der Waals surface area contributed by atoms with Crippen molar-refractivity contribution >= 4 is 10.0 Å². The van der Waals surface area contributed by atoms with Crippen LogP contribution in [0.5, 0.6) is 0 Å². The number of nitrogens with one attached hydrogen (secondary N) is 1. The molecule has 6 heteroatoms. The van der Waals surface area contributed by atoms with Gasteiger partial charge in [0.1, 0.15) is 10.7 Å². The van der Waals surface area contributed by atoms with Crippen LogP contribution >= 0.6 is 0 Å². The van der Waals surface area contributed by atoms with E-state index in [4.69, 9.17) is 0 Å². The molecule has 0 saturated carbocycles. The molecule has 112 valence electrons. The van der Waals surface area contributed by atoms with Crippen molar-refractivity contribution in [2.24, 2.45) is 0 Å². The van der Waals surface area contributed by atoms with Gasteiger partial charge in [0.15, 0.2) is 0 Å². The highest BCUT2D eigenvalue weighted by molar-refractivity contribution is 7.89. The topological polar surface area (TPSA) is 49.4 Å². The van der Waals surface area contributed by atoms with Crippen molar-refractivity contribution in [3.8, 4) is 0 Å². The molecule has 1 saturated heterocycles. The lowest BCUT2D eigenvalue weighted by molar-refractivity contribution is 0.333. The molecule has 2 rings (SSSR count). The van der Waals surface area contributed by atoms with Crippen LogP contribution in [-0.2, 0) is 10.0 Å². The normalized spacial score (nSPS) is 19.7. The van der Waals surface area contributed by atoms with E-state index in [-0.39, 0.29) is 10.9 Å². The maximum absolute atomic E-state index is 14.0. The Morgan fingerprint density at radius 1 is 1.45 bits per heavy atom. The first kappa shape index (κ1) is 15.4. The molecule has 0 spiro atoms. The van der Waals surface area contributed by atoms with Crippen molar-refractivity contribution in [3.05, 3.63) is 29.6 Å². The van der Waals surface area contributed by atoms with Crippen LogP contribution in [0.3, 0.4) is 0 Å². The van der Waals surface area contributed by atoms with E-state index in [1.807, 2.05) is 6.92 Å². The van der Waals surface area contributed by atoms with Gasteiger partial charge in [0.25, 0.3) is 0 Å². The Labute approximate surface area is 120 Å². The Balaban J connectivity index is 2.39. The summed E-state index contributed by atoms with van der Waals surface area (Å²) < 4.78 is 40.9. The minimum atomic E-state index is -3.78. The van der Waals surface area contributed by atoms with Crippen molar-refractivity contribution < 1.29 is 12.8 Å². The average Bonchev–Trinajstić information content (AvgIpc) is 2.88. The van der Waals surface area contributed by atoms with E-state index < -0.39 is 15.8 Å². The third kappa shape index (κ3) is 3.02. The van der Waals surface area contributed by atoms with Crippen LogP contribution in [-0.4, -0.2) is 38.4 Å². The van der Waals surface area contributed by atoms with Crippen LogP contribution in [0.2, 0.25) is 0 Å². The van der Waals surface area contributed by atoms with E-state index >= 15 is 0 Å². The summed E-state index contributed by atoms with van der Waals surface area (Å²) in [5.41, 5.74) is 0.714. The van der Waals surface area contributed by atoms with Crippen LogP contribution < -0.4 is 5.32 Å². The van der Waals surface area contributed by atoms with Crippen LogP contribution in [0.1, 0.15) is 25.3 Å². The maximum atomic E-state index is 14.0. The number of benzene rings is 1. The zero-order valence-corrected chi connectivity index (χ0v) is 12.7. The highest BCUT2D eigenvalue weighted by Crippen LogP contribution is 2.24. The molecule has 1 heterocycles. The summed E-state index contributed by atoms with van der Waals surface area (Å²) in [6, 6.07) is 4.18. The summed E-state index contributed by atoms with van der Waals surface area (Å²) >= 11 is 0. The molecule has 0 bridgehead atoms. The lowest BCUT2D eigenvalue weighted by Gasteiger charge is -2.27. The van der Waals surface area contributed by atoms with Crippen molar-refractivity contribution in [2.75, 3.05) is 19.6 Å². The first-order valence-electron chi connectivity index (χ1n) is 6.95. The molecule has 1 aliphatic heterocycles. The lowest BCUT2D eigenvalue weighted by atomic mass is 10.2. The first-order valence-corrected chi connectivity index (χ1v) is 8.39. The predicted molar refractivity (Wildman–Crippen MR) is 76.6 cm³/mol. The maximum Gasteiger partial charge on any atom is 0.246 e. The molecule has 1 aromatic rings. The van der Waals surface area contributed by atoms with Gasteiger partial charge in [0.2, 0.25) is 10.0 Å². The van der Waals surface area contributed by atoms with Gasteiger partial charge in [-0.15, -0.1) is 0 Å². The number of aryl methyl sites for hydroxylation is 1. The Hall–Kier alpha value is -0.980. The quantitative estimate of drug-likeness (QED) is 0.903. The molecule has 1 N–H and O–H groups in total. The van der Waals surface area contributed by atoms with Gasteiger partial charge in [-0.25, -0.2) is 12.8 Å². The van der Waals surface area contributed by atoms with E-state index in [0.717, 1.165) is 13.0 Å². The molecule has 1 unspecified atom stereocenters. The molecule has 0 aromatic heterocycles. The van der Waals surface area contributed by atoms with Crippen LogP contribution in [0, 0.1) is 12.7 Å². The van der Waals surface area contributed by atoms with Gasteiger partial charge in [-0.1, -0.05) is 13.0 Å². The lowest BCUT2D eigenvalue weighted by Crippen LogP contribution is -2.42. The van der Waals surface area contributed by atoms with Gasteiger partial charge < -0.3 is 5.32 Å². The summed E-state index contributed by atoms with van der Waals surface area (Å²) in [5.74, 6) is -0.669. The van der Waals surface area contributed by atoms with Crippen LogP contribution in [0.4, 0.5) is 4.39 Å². The number of nitrogens with zero attached hydrogens (tertiary/aromatic N) is 1. The zero-order chi connectivity index (χ0) is 14.8. The molecular formula is C14H21FN2O2S. The average molecular weight is 300 g/mol. The predicted octanol–water partition coefficient (Wildman–Crippen LogP) is 1.90. The molecule has 0 aliphatic carbocycles. The highest BCUT2D eigenvalue weighted by atomic mass is 32.2. The van der Waals surface area contributed by atoms with Crippen molar-refractivity contribution in [2.45, 2.75) is 37.6 Å². The summed E-state index contributed by atoms with van der Waals surface area (Å²) in [4.78, 5) is -0.219. The van der Waals surface area contributed by atoms with Gasteiger partial charge in [-0.2, -0.15) is 4.31 Å². The van der Waals surface area contributed by atoms with E-state index in [0.29, 0.717) is 25.1 Å². The van der Waals surface area contributed by atoms with E-state index in [1.54, 1.807) is 13.0 Å². The summed E-state index contributed by atoms with van der Waals surface area (Å²) in [6.07, 6.45) is 1.48. The number of sulfonamides is 1. The summed E-state index contributed by atoms with van der Waals surface area (Å²) in [7, 11) is -3.78. The largest absolute Gasteiger partial charge is 0.315 e. The zero-order valence-electron chi connectivity index (χ0n) is 11.9. The Morgan fingerprint density at radius 3 is 2.75 bits per heavy atom. The van der Waals surface area contributed by atoms with Gasteiger partial charge in [-0.3, -0.25) is 0 Å². The first-order chi connectivity index (χ1) is 9.46. The summed E-state index contributed by atoms with van der Waals surface area (Å²) in [6.45, 7) is 5.52. The number of rotatable bonds is 5. The third-order valence-corrected chi connectivity index (χ3v) is 5.54. The van der Waals surface area contributed by atoms with Gasteiger partial charge in [-0.05, 0) is 44.0 Å². The number of hydrogen-bond donors (Lipinski definition) is 1. The second-order valence-corrected chi connectivity index (χ2v) is 7.06.